The highest BCUT2D eigenvalue weighted by molar-refractivity contribution is 6.46. The maximum atomic E-state index is 13.4. The first-order valence-electron chi connectivity index (χ1n) is 11.7. The van der Waals surface area contributed by atoms with E-state index in [0.717, 1.165) is 22.0 Å². The maximum absolute atomic E-state index is 13.4. The largest absolute Gasteiger partial charge is 0.507 e. The first-order chi connectivity index (χ1) is 17.5. The predicted molar refractivity (Wildman–Crippen MR) is 137 cm³/mol. The molecular formula is C29H26N2O5. The molecule has 1 unspecified atom stereocenters. The molecule has 0 radical (unpaired) electrons. The van der Waals surface area contributed by atoms with Crippen molar-refractivity contribution in [2.75, 3.05) is 13.7 Å². The van der Waals surface area contributed by atoms with Gasteiger partial charge in [-0.05, 0) is 31.2 Å². The molecule has 36 heavy (non-hydrogen) atoms. The van der Waals surface area contributed by atoms with Gasteiger partial charge in [0.1, 0.15) is 17.3 Å². The summed E-state index contributed by atoms with van der Waals surface area (Å²) in [6.45, 7) is 2.46. The van der Waals surface area contributed by atoms with Crippen LogP contribution in [0, 0.1) is 0 Å². The van der Waals surface area contributed by atoms with Crippen LogP contribution in [0.4, 0.5) is 0 Å². The number of para-hydroxylation sites is 2. The van der Waals surface area contributed by atoms with E-state index in [1.807, 2.05) is 55.5 Å². The van der Waals surface area contributed by atoms with Crippen LogP contribution >= 0.6 is 0 Å². The van der Waals surface area contributed by atoms with Crippen LogP contribution in [-0.4, -0.2) is 40.4 Å². The van der Waals surface area contributed by atoms with Crippen LogP contribution in [0.3, 0.4) is 0 Å². The van der Waals surface area contributed by atoms with Gasteiger partial charge in [-0.15, -0.1) is 0 Å². The number of fused-ring (bicyclic) bond motifs is 1. The first-order valence-corrected chi connectivity index (χ1v) is 11.7. The number of hydrogen-bond donors (Lipinski definition) is 2. The molecule has 1 aromatic heterocycles. The number of aliphatic hydroxyl groups excluding tert-OH is 1. The lowest BCUT2D eigenvalue weighted by molar-refractivity contribution is -0.140. The van der Waals surface area contributed by atoms with Crippen molar-refractivity contribution in [3.63, 3.8) is 0 Å². The molecule has 0 spiro atoms. The Hall–Kier alpha value is -4.52. The quantitative estimate of drug-likeness (QED) is 0.215. The molecule has 4 aromatic rings. The third kappa shape index (κ3) is 3.98. The molecule has 1 atom stereocenters. The lowest BCUT2D eigenvalue weighted by Crippen LogP contribution is -2.29. The van der Waals surface area contributed by atoms with E-state index in [0.29, 0.717) is 23.7 Å². The fourth-order valence-electron chi connectivity index (χ4n) is 4.76. The average molecular weight is 483 g/mol. The number of nitrogens with one attached hydrogen (secondary N) is 1. The molecule has 5 rings (SSSR count). The molecule has 0 aliphatic carbocycles. The number of H-pyrrole nitrogens is 1. The first kappa shape index (κ1) is 23.2. The van der Waals surface area contributed by atoms with Gasteiger partial charge in [0.25, 0.3) is 11.7 Å². The van der Waals surface area contributed by atoms with Crippen molar-refractivity contribution in [2.24, 2.45) is 0 Å². The molecule has 0 bridgehead atoms. The zero-order valence-corrected chi connectivity index (χ0v) is 20.0. The Labute approximate surface area is 208 Å². The number of amides is 1. The third-order valence-corrected chi connectivity index (χ3v) is 6.41. The van der Waals surface area contributed by atoms with E-state index in [4.69, 9.17) is 9.47 Å². The Morgan fingerprint density at radius 2 is 1.81 bits per heavy atom. The second kappa shape index (κ2) is 9.62. The number of ether oxygens (including phenoxy) is 2. The number of benzene rings is 3. The number of carbonyl (C=O) groups excluding carboxylic acids is 2. The van der Waals surface area contributed by atoms with Gasteiger partial charge in [-0.3, -0.25) is 9.59 Å². The molecule has 1 saturated heterocycles. The predicted octanol–water partition coefficient (Wildman–Crippen LogP) is 5.20. The molecular weight excluding hydrogens is 456 g/mol. The Morgan fingerprint density at radius 3 is 2.61 bits per heavy atom. The molecule has 2 heterocycles. The van der Waals surface area contributed by atoms with Gasteiger partial charge in [0, 0.05) is 33.8 Å². The van der Waals surface area contributed by atoms with E-state index in [2.05, 4.69) is 4.98 Å². The maximum Gasteiger partial charge on any atom is 0.295 e. The minimum Gasteiger partial charge on any atom is -0.507 e. The van der Waals surface area contributed by atoms with E-state index < -0.39 is 17.7 Å². The summed E-state index contributed by atoms with van der Waals surface area (Å²) in [5.41, 5.74) is 2.79. The van der Waals surface area contributed by atoms with Gasteiger partial charge in [-0.1, -0.05) is 48.5 Å². The van der Waals surface area contributed by atoms with Crippen LogP contribution in [-0.2, 0) is 16.1 Å². The van der Waals surface area contributed by atoms with Crippen LogP contribution in [0.5, 0.6) is 11.5 Å². The summed E-state index contributed by atoms with van der Waals surface area (Å²) in [7, 11) is 1.56. The van der Waals surface area contributed by atoms with Gasteiger partial charge in [0.2, 0.25) is 0 Å². The third-order valence-electron chi connectivity index (χ3n) is 6.41. The van der Waals surface area contributed by atoms with Gasteiger partial charge in [0.15, 0.2) is 0 Å². The molecule has 2 N–H and O–H groups in total. The Kier molecular flexibility index (Phi) is 6.21. The van der Waals surface area contributed by atoms with Crippen LogP contribution < -0.4 is 9.47 Å². The fraction of sp³-hybridized carbons (Fsp3) is 0.172. The molecule has 1 amide bonds. The monoisotopic (exact) mass is 482 g/mol. The number of aromatic nitrogens is 1. The second-order valence-electron chi connectivity index (χ2n) is 8.49. The number of likely N-dealkylation sites (tertiary alicyclic amines) is 1. The summed E-state index contributed by atoms with van der Waals surface area (Å²) in [5, 5.41) is 12.3. The zero-order valence-electron chi connectivity index (χ0n) is 20.0. The number of aromatic amines is 1. The van der Waals surface area contributed by atoms with Crippen molar-refractivity contribution in [2.45, 2.75) is 19.5 Å². The van der Waals surface area contributed by atoms with Gasteiger partial charge < -0.3 is 24.5 Å². The van der Waals surface area contributed by atoms with Crippen LogP contribution in [0.2, 0.25) is 0 Å². The SMILES string of the molecule is CCOc1cccc(/C(O)=C2\C(=O)C(=O)N(Cc3ccccc3OC)C2c2c[nH]c3ccccc23)c1. The van der Waals surface area contributed by atoms with Gasteiger partial charge in [-0.2, -0.15) is 0 Å². The minimum absolute atomic E-state index is 0.0355. The van der Waals surface area contributed by atoms with Crippen molar-refractivity contribution in [1.29, 1.82) is 0 Å². The van der Waals surface area contributed by atoms with Gasteiger partial charge in [0.05, 0.1) is 31.9 Å². The molecule has 0 saturated carbocycles. The highest BCUT2D eigenvalue weighted by Crippen LogP contribution is 2.43. The minimum atomic E-state index is -0.804. The lowest BCUT2D eigenvalue weighted by Gasteiger charge is -2.25. The number of Topliss-reactive ketones (excluding diaryl/α,β-unsaturated/α-hetero) is 1. The standard InChI is InChI=1S/C29H26N2O5/c1-3-36-20-11-8-10-18(15-20)27(32)25-26(22-16-30-23-13-6-5-12-21(22)23)31(29(34)28(25)33)17-19-9-4-7-14-24(19)35-2/h4-16,26,30,32H,3,17H2,1-2H3/b27-25+. The van der Waals surface area contributed by atoms with E-state index in [1.165, 1.54) is 4.90 Å². The van der Waals surface area contributed by atoms with Crippen molar-refractivity contribution >= 4 is 28.4 Å². The number of methoxy groups -OCH3 is 1. The second-order valence-corrected chi connectivity index (χ2v) is 8.49. The van der Waals surface area contributed by atoms with Crippen molar-refractivity contribution in [1.82, 2.24) is 9.88 Å². The number of rotatable bonds is 7. The van der Waals surface area contributed by atoms with Crippen molar-refractivity contribution in [3.8, 4) is 11.5 Å². The van der Waals surface area contributed by atoms with Gasteiger partial charge >= 0.3 is 0 Å². The molecule has 7 heteroatoms. The summed E-state index contributed by atoms with van der Waals surface area (Å²) in [6, 6.07) is 21.1. The number of carbonyl (C=O) groups is 2. The van der Waals surface area contributed by atoms with Gasteiger partial charge in [-0.25, -0.2) is 0 Å². The molecule has 1 aliphatic rings. The summed E-state index contributed by atoms with van der Waals surface area (Å²) in [4.78, 5) is 31.6. The van der Waals surface area contributed by atoms with Crippen LogP contribution in [0.1, 0.15) is 29.7 Å². The Balaban J connectivity index is 1.69. The summed E-state index contributed by atoms with van der Waals surface area (Å²) >= 11 is 0. The fourth-order valence-corrected chi connectivity index (χ4v) is 4.76. The zero-order chi connectivity index (χ0) is 25.2. The highest BCUT2D eigenvalue weighted by atomic mass is 16.5. The van der Waals surface area contributed by atoms with Crippen LogP contribution in [0.25, 0.3) is 16.7 Å². The van der Waals surface area contributed by atoms with E-state index in [9.17, 15) is 14.7 Å². The number of hydrogen-bond acceptors (Lipinski definition) is 5. The Morgan fingerprint density at radius 1 is 1.03 bits per heavy atom. The number of nitrogens with zero attached hydrogens (tertiary/aromatic N) is 1. The number of aliphatic hydroxyl groups is 1. The molecule has 1 aliphatic heterocycles. The van der Waals surface area contributed by atoms with E-state index >= 15 is 0 Å². The van der Waals surface area contributed by atoms with Crippen molar-refractivity contribution < 1.29 is 24.2 Å². The smallest absolute Gasteiger partial charge is 0.295 e. The lowest BCUT2D eigenvalue weighted by atomic mass is 9.94. The molecule has 3 aromatic carbocycles. The molecule has 1 fully saturated rings. The van der Waals surface area contributed by atoms with E-state index in [1.54, 1.807) is 37.6 Å². The molecule has 182 valence electrons. The molecule has 7 nitrogen and oxygen atoms in total. The average Bonchev–Trinajstić information content (AvgIpc) is 3.43. The normalized spacial score (nSPS) is 17.1. The van der Waals surface area contributed by atoms with Crippen LogP contribution in [0.15, 0.2) is 84.6 Å². The topological polar surface area (TPSA) is 91.9 Å². The summed E-state index contributed by atoms with van der Waals surface area (Å²) < 4.78 is 11.1. The van der Waals surface area contributed by atoms with E-state index in [-0.39, 0.29) is 17.9 Å². The summed E-state index contributed by atoms with van der Waals surface area (Å²) in [5.74, 6) is -0.485. The van der Waals surface area contributed by atoms with Crippen molar-refractivity contribution in [3.05, 3.63) is 101 Å². The summed E-state index contributed by atoms with van der Waals surface area (Å²) in [6.07, 6.45) is 1.79. The highest BCUT2D eigenvalue weighted by Gasteiger charge is 2.47. The Bertz CT molecular complexity index is 1490. The number of ketones is 1.